The van der Waals surface area contributed by atoms with E-state index < -0.39 is 18.2 Å². The summed E-state index contributed by atoms with van der Waals surface area (Å²) in [4.78, 5) is 22.9. The Morgan fingerprint density at radius 2 is 1.87 bits per heavy atom. The molecule has 0 heterocycles. The monoisotopic (exact) mass is 323 g/mol. The minimum atomic E-state index is -1.04. The van der Waals surface area contributed by atoms with Crippen molar-refractivity contribution in [2.24, 2.45) is 0 Å². The van der Waals surface area contributed by atoms with E-state index in [0.29, 0.717) is 17.9 Å². The van der Waals surface area contributed by atoms with Gasteiger partial charge in [-0.2, -0.15) is 0 Å². The maximum absolute atomic E-state index is 12.4. The van der Waals surface area contributed by atoms with Crippen LogP contribution in [-0.4, -0.2) is 36.3 Å². The molecule has 128 valence electrons. The summed E-state index contributed by atoms with van der Waals surface area (Å²) in [5, 5.41) is 11.4. The van der Waals surface area contributed by atoms with Crippen LogP contribution < -0.4 is 10.1 Å². The molecule has 1 aromatic carbocycles. The van der Waals surface area contributed by atoms with Crippen molar-refractivity contribution >= 4 is 17.6 Å². The maximum Gasteiger partial charge on any atom is 0.341 e. The Morgan fingerprint density at radius 3 is 2.39 bits per heavy atom. The number of nitrogens with one attached hydrogen (secondary N) is 1. The average molecular weight is 323 g/mol. The minimum Gasteiger partial charge on any atom is -0.482 e. The van der Waals surface area contributed by atoms with Crippen molar-refractivity contribution < 1.29 is 24.2 Å². The zero-order chi connectivity index (χ0) is 17.3. The average Bonchev–Trinajstić information content (AvgIpc) is 2.54. The van der Waals surface area contributed by atoms with Crippen molar-refractivity contribution in [1.82, 2.24) is 0 Å². The van der Waals surface area contributed by atoms with E-state index in [1.54, 1.807) is 31.2 Å². The first kappa shape index (κ1) is 19.0. The van der Waals surface area contributed by atoms with Gasteiger partial charge in [-0.1, -0.05) is 26.2 Å². The summed E-state index contributed by atoms with van der Waals surface area (Å²) in [5.41, 5.74) is -0.260. The van der Waals surface area contributed by atoms with Gasteiger partial charge in [0.25, 0.3) is 5.91 Å². The highest BCUT2D eigenvalue weighted by Crippen LogP contribution is 2.22. The summed E-state index contributed by atoms with van der Waals surface area (Å²) in [6, 6.07) is 6.55. The van der Waals surface area contributed by atoms with E-state index in [1.165, 1.54) is 7.11 Å². The fraction of sp³-hybridized carbons (Fsp3) is 0.529. The number of carbonyl (C=O) groups is 2. The predicted octanol–water partition coefficient (Wildman–Crippen LogP) is 3.07. The molecule has 0 saturated heterocycles. The van der Waals surface area contributed by atoms with Gasteiger partial charge in [0.1, 0.15) is 11.4 Å². The number of carbonyl (C=O) groups excluding carboxylic acids is 1. The van der Waals surface area contributed by atoms with E-state index in [-0.39, 0.29) is 5.91 Å². The number of amides is 1. The van der Waals surface area contributed by atoms with Crippen molar-refractivity contribution in [1.29, 1.82) is 0 Å². The Labute approximate surface area is 136 Å². The molecule has 23 heavy (non-hydrogen) atoms. The van der Waals surface area contributed by atoms with Crippen molar-refractivity contribution in [3.05, 3.63) is 24.3 Å². The van der Waals surface area contributed by atoms with Gasteiger partial charge in [0.15, 0.2) is 6.61 Å². The molecule has 2 N–H and O–H groups in total. The molecule has 1 atom stereocenters. The number of benzene rings is 1. The normalized spacial score (nSPS) is 13.2. The topological polar surface area (TPSA) is 84.9 Å². The molecular formula is C17H25NO5. The van der Waals surface area contributed by atoms with E-state index in [0.717, 1.165) is 19.3 Å². The SMILES string of the molecule is CCCCC[C@](C)(OC)C(=O)Nc1ccc(OCC(=O)O)cc1. The molecular weight excluding hydrogens is 298 g/mol. The molecule has 1 amide bonds. The second-order valence-electron chi connectivity index (χ2n) is 5.55. The molecule has 0 bridgehead atoms. The molecule has 0 aliphatic heterocycles. The summed E-state index contributed by atoms with van der Waals surface area (Å²) < 4.78 is 10.4. The number of anilines is 1. The molecule has 0 aromatic heterocycles. The van der Waals surface area contributed by atoms with Crippen molar-refractivity contribution in [3.63, 3.8) is 0 Å². The summed E-state index contributed by atoms with van der Waals surface area (Å²) in [6.45, 7) is 3.49. The lowest BCUT2D eigenvalue weighted by atomic mass is 9.97. The van der Waals surface area contributed by atoms with Gasteiger partial charge in [0, 0.05) is 12.8 Å². The number of unbranched alkanes of at least 4 members (excludes halogenated alkanes) is 2. The molecule has 0 fully saturated rings. The molecule has 0 spiro atoms. The van der Waals surface area contributed by atoms with Crippen molar-refractivity contribution in [3.8, 4) is 5.75 Å². The number of aliphatic carboxylic acids is 1. The molecule has 0 saturated carbocycles. The van der Waals surface area contributed by atoms with Gasteiger partial charge >= 0.3 is 5.97 Å². The molecule has 0 radical (unpaired) electrons. The highest BCUT2D eigenvalue weighted by molar-refractivity contribution is 5.97. The quantitative estimate of drug-likeness (QED) is 0.646. The van der Waals surface area contributed by atoms with Gasteiger partial charge in [-0.3, -0.25) is 4.79 Å². The Morgan fingerprint density at radius 1 is 1.22 bits per heavy atom. The summed E-state index contributed by atoms with van der Waals surface area (Å²) in [7, 11) is 1.54. The Bertz CT molecular complexity index is 514. The lowest BCUT2D eigenvalue weighted by molar-refractivity contribution is -0.139. The minimum absolute atomic E-state index is 0.199. The van der Waals surface area contributed by atoms with Gasteiger partial charge in [-0.25, -0.2) is 4.79 Å². The molecule has 1 aromatic rings. The molecule has 1 rings (SSSR count). The smallest absolute Gasteiger partial charge is 0.341 e. The Balaban J connectivity index is 2.62. The highest BCUT2D eigenvalue weighted by atomic mass is 16.5. The van der Waals surface area contributed by atoms with Crippen LogP contribution in [0, 0.1) is 0 Å². The third-order valence-corrected chi connectivity index (χ3v) is 3.66. The second-order valence-corrected chi connectivity index (χ2v) is 5.55. The second kappa shape index (κ2) is 9.15. The first-order valence-electron chi connectivity index (χ1n) is 7.72. The van der Waals surface area contributed by atoms with Crippen molar-refractivity contribution in [2.45, 2.75) is 45.1 Å². The number of carboxylic acid groups (broad SMARTS) is 1. The largest absolute Gasteiger partial charge is 0.482 e. The lowest BCUT2D eigenvalue weighted by Gasteiger charge is -2.27. The zero-order valence-corrected chi connectivity index (χ0v) is 13.9. The van der Waals surface area contributed by atoms with Crippen LogP contribution >= 0.6 is 0 Å². The van der Waals surface area contributed by atoms with Crippen LogP contribution in [0.4, 0.5) is 5.69 Å². The number of methoxy groups -OCH3 is 1. The summed E-state index contributed by atoms with van der Waals surface area (Å²) in [6.07, 6.45) is 3.72. The molecule has 6 nitrogen and oxygen atoms in total. The van der Waals surface area contributed by atoms with Crippen LogP contribution in [0.25, 0.3) is 0 Å². The van der Waals surface area contributed by atoms with Gasteiger partial charge < -0.3 is 19.9 Å². The van der Waals surface area contributed by atoms with Crippen molar-refractivity contribution in [2.75, 3.05) is 19.0 Å². The first-order chi connectivity index (χ1) is 10.9. The standard InChI is InChI=1S/C17H25NO5/c1-4-5-6-11-17(2,22-3)16(21)18-13-7-9-14(10-8-13)23-12-15(19)20/h7-10H,4-6,11-12H2,1-3H3,(H,18,21)(H,19,20)/t17-/m0/s1. The van der Waals surface area contributed by atoms with E-state index in [9.17, 15) is 9.59 Å². The van der Waals surface area contributed by atoms with Crippen LogP contribution in [0.1, 0.15) is 39.5 Å². The zero-order valence-electron chi connectivity index (χ0n) is 13.9. The third kappa shape index (κ3) is 6.28. The van der Waals surface area contributed by atoms with Crippen LogP contribution in [0.2, 0.25) is 0 Å². The molecule has 0 aliphatic rings. The summed E-state index contributed by atoms with van der Waals surface area (Å²) in [5.74, 6) is -0.802. The fourth-order valence-electron chi connectivity index (χ4n) is 2.06. The van der Waals surface area contributed by atoms with Crippen LogP contribution in [0.5, 0.6) is 5.75 Å². The summed E-state index contributed by atoms with van der Waals surface area (Å²) >= 11 is 0. The maximum atomic E-state index is 12.4. The molecule has 6 heteroatoms. The van der Waals surface area contributed by atoms with E-state index in [4.69, 9.17) is 14.6 Å². The number of carboxylic acids is 1. The third-order valence-electron chi connectivity index (χ3n) is 3.66. The van der Waals surface area contributed by atoms with Crippen LogP contribution in [0.15, 0.2) is 24.3 Å². The van der Waals surface area contributed by atoms with Crippen LogP contribution in [-0.2, 0) is 14.3 Å². The number of hydrogen-bond donors (Lipinski definition) is 2. The van der Waals surface area contributed by atoms with E-state index in [1.807, 2.05) is 0 Å². The van der Waals surface area contributed by atoms with Gasteiger partial charge in [0.05, 0.1) is 0 Å². The lowest BCUT2D eigenvalue weighted by Crippen LogP contribution is -2.41. The van der Waals surface area contributed by atoms with Gasteiger partial charge in [0.2, 0.25) is 0 Å². The van der Waals surface area contributed by atoms with Crippen LogP contribution in [0.3, 0.4) is 0 Å². The van der Waals surface area contributed by atoms with Gasteiger partial charge in [-0.05, 0) is 37.6 Å². The number of hydrogen-bond acceptors (Lipinski definition) is 4. The van der Waals surface area contributed by atoms with Gasteiger partial charge in [-0.15, -0.1) is 0 Å². The van der Waals surface area contributed by atoms with E-state index in [2.05, 4.69) is 12.2 Å². The predicted molar refractivity (Wildman–Crippen MR) is 87.8 cm³/mol. The molecule has 0 unspecified atom stereocenters. The Kier molecular flexibility index (Phi) is 7.54. The highest BCUT2D eigenvalue weighted by Gasteiger charge is 2.32. The molecule has 0 aliphatic carbocycles. The number of ether oxygens (including phenoxy) is 2. The van der Waals surface area contributed by atoms with E-state index >= 15 is 0 Å². The Hall–Kier alpha value is -2.08. The number of rotatable bonds is 10. The fourth-order valence-corrected chi connectivity index (χ4v) is 2.06. The first-order valence-corrected chi connectivity index (χ1v) is 7.72.